The van der Waals surface area contributed by atoms with E-state index in [4.69, 9.17) is 23.2 Å². The lowest BCUT2D eigenvalue weighted by molar-refractivity contribution is 0.102. The number of carbonyl (C=O) groups is 1. The molecule has 160 valence electrons. The predicted octanol–water partition coefficient (Wildman–Crippen LogP) is 5.14. The number of piperidine rings is 1. The normalized spacial score (nSPS) is 14.4. The van der Waals surface area contributed by atoms with Gasteiger partial charge in [-0.2, -0.15) is 0 Å². The van der Waals surface area contributed by atoms with E-state index in [2.05, 4.69) is 25.1 Å². The SMILES string of the molecule is CN(c1ccc(Cl)cc1C(=O)Nc1ccc(Cl)cn1)C1CCN(c2ccncc2)CC1. The highest BCUT2D eigenvalue weighted by Gasteiger charge is 2.25. The zero-order valence-corrected chi connectivity index (χ0v) is 18.6. The van der Waals surface area contributed by atoms with E-state index in [9.17, 15) is 4.79 Å². The molecule has 1 aliphatic heterocycles. The van der Waals surface area contributed by atoms with Crippen LogP contribution in [-0.4, -0.2) is 42.1 Å². The highest BCUT2D eigenvalue weighted by Crippen LogP contribution is 2.30. The molecule has 1 amide bonds. The van der Waals surface area contributed by atoms with Gasteiger partial charge in [0.15, 0.2) is 0 Å². The number of hydrogen-bond donors (Lipinski definition) is 1. The van der Waals surface area contributed by atoms with Crippen molar-refractivity contribution >= 4 is 46.3 Å². The zero-order chi connectivity index (χ0) is 21.8. The van der Waals surface area contributed by atoms with Gasteiger partial charge >= 0.3 is 0 Å². The fourth-order valence-electron chi connectivity index (χ4n) is 3.89. The smallest absolute Gasteiger partial charge is 0.258 e. The fourth-order valence-corrected chi connectivity index (χ4v) is 4.18. The van der Waals surface area contributed by atoms with E-state index in [0.29, 0.717) is 27.5 Å². The molecule has 3 aromatic rings. The Kier molecular flexibility index (Phi) is 6.59. The van der Waals surface area contributed by atoms with Crippen LogP contribution in [0, 0.1) is 0 Å². The number of hydrogen-bond acceptors (Lipinski definition) is 5. The van der Waals surface area contributed by atoms with E-state index >= 15 is 0 Å². The van der Waals surface area contributed by atoms with Gasteiger partial charge in [0.25, 0.3) is 5.91 Å². The Balaban J connectivity index is 1.49. The number of nitrogens with one attached hydrogen (secondary N) is 1. The van der Waals surface area contributed by atoms with Crippen LogP contribution in [0.25, 0.3) is 0 Å². The van der Waals surface area contributed by atoms with Gasteiger partial charge in [-0.3, -0.25) is 9.78 Å². The first-order valence-corrected chi connectivity index (χ1v) is 10.9. The van der Waals surface area contributed by atoms with Crippen LogP contribution in [0.4, 0.5) is 17.2 Å². The fraction of sp³-hybridized carbons (Fsp3) is 0.261. The van der Waals surface area contributed by atoms with Gasteiger partial charge in [-0.1, -0.05) is 23.2 Å². The van der Waals surface area contributed by atoms with Gasteiger partial charge in [0.2, 0.25) is 0 Å². The first-order valence-electron chi connectivity index (χ1n) is 10.1. The van der Waals surface area contributed by atoms with Gasteiger partial charge in [0.1, 0.15) is 5.82 Å². The summed E-state index contributed by atoms with van der Waals surface area (Å²) < 4.78 is 0. The van der Waals surface area contributed by atoms with Crippen molar-refractivity contribution in [3.63, 3.8) is 0 Å². The Morgan fingerprint density at radius 2 is 1.77 bits per heavy atom. The molecule has 8 heteroatoms. The van der Waals surface area contributed by atoms with Crippen molar-refractivity contribution in [3.8, 4) is 0 Å². The van der Waals surface area contributed by atoms with Crippen LogP contribution >= 0.6 is 23.2 Å². The molecule has 0 bridgehead atoms. The Labute approximate surface area is 191 Å². The molecule has 0 unspecified atom stereocenters. The van der Waals surface area contributed by atoms with E-state index in [1.54, 1.807) is 18.2 Å². The predicted molar refractivity (Wildman–Crippen MR) is 127 cm³/mol. The van der Waals surface area contributed by atoms with Crippen LogP contribution in [0.5, 0.6) is 0 Å². The van der Waals surface area contributed by atoms with Crippen molar-refractivity contribution in [1.29, 1.82) is 0 Å². The summed E-state index contributed by atoms with van der Waals surface area (Å²) in [5.41, 5.74) is 2.56. The Bertz CT molecular complexity index is 1040. The molecule has 1 saturated heterocycles. The number of aromatic nitrogens is 2. The summed E-state index contributed by atoms with van der Waals surface area (Å²) in [5, 5.41) is 3.86. The van der Waals surface area contributed by atoms with Crippen molar-refractivity contribution < 1.29 is 4.79 Å². The Morgan fingerprint density at radius 3 is 2.45 bits per heavy atom. The number of nitrogens with zero attached hydrogens (tertiary/aromatic N) is 4. The minimum Gasteiger partial charge on any atom is -0.371 e. The molecular formula is C23H23Cl2N5O. The number of amides is 1. The monoisotopic (exact) mass is 455 g/mol. The largest absolute Gasteiger partial charge is 0.371 e. The van der Waals surface area contributed by atoms with Gasteiger partial charge < -0.3 is 15.1 Å². The number of halogens is 2. The van der Waals surface area contributed by atoms with Crippen molar-refractivity contribution in [2.75, 3.05) is 35.3 Å². The van der Waals surface area contributed by atoms with Crippen LogP contribution in [-0.2, 0) is 0 Å². The molecule has 1 fully saturated rings. The lowest BCUT2D eigenvalue weighted by atomic mass is 10.0. The lowest BCUT2D eigenvalue weighted by Crippen LogP contribution is -2.44. The Morgan fingerprint density at radius 1 is 1.06 bits per heavy atom. The average Bonchev–Trinajstić information content (AvgIpc) is 2.81. The zero-order valence-electron chi connectivity index (χ0n) is 17.1. The Hall–Kier alpha value is -2.83. The lowest BCUT2D eigenvalue weighted by Gasteiger charge is -2.39. The molecule has 31 heavy (non-hydrogen) atoms. The van der Waals surface area contributed by atoms with Crippen LogP contribution in [0.15, 0.2) is 61.1 Å². The summed E-state index contributed by atoms with van der Waals surface area (Å²) in [6.07, 6.45) is 7.12. The van der Waals surface area contributed by atoms with Crippen LogP contribution in [0.2, 0.25) is 10.0 Å². The van der Waals surface area contributed by atoms with Gasteiger partial charge in [0.05, 0.1) is 10.6 Å². The number of rotatable bonds is 5. The maximum absolute atomic E-state index is 13.0. The van der Waals surface area contributed by atoms with Gasteiger partial charge in [-0.15, -0.1) is 0 Å². The molecule has 0 radical (unpaired) electrons. The minimum absolute atomic E-state index is 0.256. The average molecular weight is 456 g/mol. The highest BCUT2D eigenvalue weighted by atomic mass is 35.5. The van der Waals surface area contributed by atoms with Gasteiger partial charge in [-0.25, -0.2) is 4.98 Å². The molecular weight excluding hydrogens is 433 g/mol. The molecule has 1 aromatic carbocycles. The molecule has 1 N–H and O–H groups in total. The number of benzene rings is 1. The molecule has 0 aliphatic carbocycles. The standard InChI is InChI=1S/C23H23Cl2N5O/c1-29(18-8-12-30(13-9-18)19-6-10-26-11-7-19)21-4-2-16(24)14-20(21)23(31)28-22-5-3-17(25)15-27-22/h2-7,10-11,14-15,18H,8-9,12-13H2,1H3,(H,27,28,31). The summed E-state index contributed by atoms with van der Waals surface area (Å²) in [6.45, 7) is 1.89. The summed E-state index contributed by atoms with van der Waals surface area (Å²) in [6, 6.07) is 13.2. The second-order valence-electron chi connectivity index (χ2n) is 7.51. The van der Waals surface area contributed by atoms with E-state index in [0.717, 1.165) is 31.6 Å². The summed E-state index contributed by atoms with van der Waals surface area (Å²) in [5.74, 6) is 0.182. The highest BCUT2D eigenvalue weighted by molar-refractivity contribution is 6.31. The van der Waals surface area contributed by atoms with Crippen molar-refractivity contribution in [1.82, 2.24) is 9.97 Å². The summed E-state index contributed by atoms with van der Waals surface area (Å²) in [4.78, 5) is 25.8. The van der Waals surface area contributed by atoms with Crippen LogP contribution < -0.4 is 15.1 Å². The third-order valence-corrected chi connectivity index (χ3v) is 6.05. The summed E-state index contributed by atoms with van der Waals surface area (Å²) in [7, 11) is 2.04. The maximum Gasteiger partial charge on any atom is 0.258 e. The topological polar surface area (TPSA) is 61.4 Å². The third-order valence-electron chi connectivity index (χ3n) is 5.59. The maximum atomic E-state index is 13.0. The minimum atomic E-state index is -0.256. The van der Waals surface area contributed by atoms with Crippen LogP contribution in [0.3, 0.4) is 0 Å². The van der Waals surface area contributed by atoms with E-state index < -0.39 is 0 Å². The molecule has 6 nitrogen and oxygen atoms in total. The van der Waals surface area contributed by atoms with E-state index in [1.807, 2.05) is 43.7 Å². The van der Waals surface area contributed by atoms with Crippen molar-refractivity contribution in [2.45, 2.75) is 18.9 Å². The third kappa shape index (κ3) is 5.09. The van der Waals surface area contributed by atoms with E-state index in [1.165, 1.54) is 11.9 Å². The van der Waals surface area contributed by atoms with Crippen LogP contribution in [0.1, 0.15) is 23.2 Å². The van der Waals surface area contributed by atoms with Gasteiger partial charge in [-0.05, 0) is 55.3 Å². The molecule has 0 spiro atoms. The molecule has 0 atom stereocenters. The molecule has 4 rings (SSSR count). The summed E-state index contributed by atoms with van der Waals surface area (Å²) >= 11 is 12.1. The molecule has 1 aliphatic rings. The molecule has 0 saturated carbocycles. The molecule has 3 heterocycles. The number of anilines is 3. The first kappa shape index (κ1) is 21.4. The second-order valence-corrected chi connectivity index (χ2v) is 8.38. The first-order chi connectivity index (χ1) is 15.0. The van der Waals surface area contributed by atoms with Crippen molar-refractivity contribution in [2.24, 2.45) is 0 Å². The molecule has 2 aromatic heterocycles. The van der Waals surface area contributed by atoms with E-state index in [-0.39, 0.29) is 5.91 Å². The quantitative estimate of drug-likeness (QED) is 0.576. The van der Waals surface area contributed by atoms with Gasteiger partial charge in [0, 0.05) is 61.2 Å². The second kappa shape index (κ2) is 9.54. The number of carbonyl (C=O) groups excluding carboxylic acids is 1. The van der Waals surface area contributed by atoms with Crippen molar-refractivity contribution in [3.05, 3.63) is 76.7 Å². The number of pyridine rings is 2.